The van der Waals surface area contributed by atoms with Gasteiger partial charge in [0, 0.05) is 39.3 Å². The first-order chi connectivity index (χ1) is 7.54. The van der Waals surface area contributed by atoms with Crippen molar-refractivity contribution in [3.63, 3.8) is 0 Å². The van der Waals surface area contributed by atoms with Gasteiger partial charge in [-0.25, -0.2) is 0 Å². The van der Waals surface area contributed by atoms with E-state index in [-0.39, 0.29) is 11.4 Å². The van der Waals surface area contributed by atoms with E-state index in [4.69, 9.17) is 0 Å². The molecule has 0 radical (unpaired) electrons. The van der Waals surface area contributed by atoms with Crippen molar-refractivity contribution in [3.05, 3.63) is 0 Å². The number of hydrogen-bond donors (Lipinski definition) is 1. The Labute approximate surface area is 99.0 Å². The van der Waals surface area contributed by atoms with Gasteiger partial charge >= 0.3 is 0 Å². The van der Waals surface area contributed by atoms with E-state index < -0.39 is 0 Å². The van der Waals surface area contributed by atoms with Crippen molar-refractivity contribution in [3.8, 4) is 0 Å². The van der Waals surface area contributed by atoms with Gasteiger partial charge in [-0.1, -0.05) is 0 Å². The van der Waals surface area contributed by atoms with E-state index in [0.29, 0.717) is 0 Å². The van der Waals surface area contributed by atoms with Crippen LogP contribution in [0.3, 0.4) is 0 Å². The van der Waals surface area contributed by atoms with Crippen LogP contribution in [0.4, 0.5) is 0 Å². The molecule has 0 aromatic heterocycles. The molecule has 1 aliphatic heterocycles. The van der Waals surface area contributed by atoms with E-state index in [0.717, 1.165) is 39.3 Å². The van der Waals surface area contributed by atoms with Crippen LogP contribution in [0.1, 0.15) is 27.7 Å². The largest absolute Gasteiger partial charge is 0.342 e. The SMILES string of the molecule is CCN(CC)C(=O)C(C)(C)N1CCNCC1. The van der Waals surface area contributed by atoms with Crippen LogP contribution in [0.2, 0.25) is 0 Å². The third-order valence-electron chi connectivity index (χ3n) is 3.48. The molecule has 0 spiro atoms. The molecule has 16 heavy (non-hydrogen) atoms. The molecule has 4 nitrogen and oxygen atoms in total. The molecule has 1 aliphatic rings. The van der Waals surface area contributed by atoms with Gasteiger partial charge in [-0.05, 0) is 27.7 Å². The molecule has 0 atom stereocenters. The highest BCUT2D eigenvalue weighted by atomic mass is 16.2. The Morgan fingerprint density at radius 3 is 2.19 bits per heavy atom. The summed E-state index contributed by atoms with van der Waals surface area (Å²) in [5.41, 5.74) is -0.367. The van der Waals surface area contributed by atoms with Crippen LogP contribution >= 0.6 is 0 Å². The average Bonchev–Trinajstić information content (AvgIpc) is 2.31. The van der Waals surface area contributed by atoms with Crippen LogP contribution in [0.5, 0.6) is 0 Å². The third kappa shape index (κ3) is 2.74. The molecule has 94 valence electrons. The van der Waals surface area contributed by atoms with Crippen molar-refractivity contribution in [2.24, 2.45) is 0 Å². The van der Waals surface area contributed by atoms with Crippen LogP contribution < -0.4 is 5.32 Å². The summed E-state index contributed by atoms with van der Waals surface area (Å²) in [5.74, 6) is 0.249. The zero-order chi connectivity index (χ0) is 12.2. The number of carbonyl (C=O) groups excluding carboxylic acids is 1. The minimum Gasteiger partial charge on any atom is -0.342 e. The van der Waals surface area contributed by atoms with Crippen LogP contribution in [-0.2, 0) is 4.79 Å². The first-order valence-electron chi connectivity index (χ1n) is 6.29. The Balaban J connectivity index is 2.70. The van der Waals surface area contributed by atoms with Crippen molar-refractivity contribution < 1.29 is 4.79 Å². The monoisotopic (exact) mass is 227 g/mol. The molecular weight excluding hydrogens is 202 g/mol. The summed E-state index contributed by atoms with van der Waals surface area (Å²) in [7, 11) is 0. The van der Waals surface area contributed by atoms with Gasteiger partial charge in [0.2, 0.25) is 5.91 Å². The minimum atomic E-state index is -0.367. The van der Waals surface area contributed by atoms with Crippen LogP contribution in [0.15, 0.2) is 0 Å². The van der Waals surface area contributed by atoms with Crippen molar-refractivity contribution in [1.29, 1.82) is 0 Å². The van der Waals surface area contributed by atoms with Crippen molar-refractivity contribution in [2.75, 3.05) is 39.3 Å². The molecule has 0 aromatic carbocycles. The van der Waals surface area contributed by atoms with E-state index >= 15 is 0 Å². The highest BCUT2D eigenvalue weighted by Crippen LogP contribution is 2.18. The summed E-state index contributed by atoms with van der Waals surface area (Å²) >= 11 is 0. The molecule has 0 saturated carbocycles. The first-order valence-corrected chi connectivity index (χ1v) is 6.29. The predicted molar refractivity (Wildman–Crippen MR) is 66.4 cm³/mol. The molecule has 0 bridgehead atoms. The molecule has 1 N–H and O–H groups in total. The van der Waals surface area contributed by atoms with Crippen molar-refractivity contribution in [2.45, 2.75) is 33.2 Å². The van der Waals surface area contributed by atoms with Gasteiger partial charge in [-0.15, -0.1) is 0 Å². The van der Waals surface area contributed by atoms with Gasteiger partial charge < -0.3 is 10.2 Å². The summed E-state index contributed by atoms with van der Waals surface area (Å²) in [6, 6.07) is 0. The zero-order valence-corrected chi connectivity index (χ0v) is 11.0. The lowest BCUT2D eigenvalue weighted by molar-refractivity contribution is -0.142. The fraction of sp³-hybridized carbons (Fsp3) is 0.917. The summed E-state index contributed by atoms with van der Waals surface area (Å²) in [4.78, 5) is 16.6. The lowest BCUT2D eigenvalue weighted by Gasteiger charge is -2.42. The smallest absolute Gasteiger partial charge is 0.242 e. The number of rotatable bonds is 4. The van der Waals surface area contributed by atoms with Crippen LogP contribution in [0.25, 0.3) is 0 Å². The summed E-state index contributed by atoms with van der Waals surface area (Å²) in [6.07, 6.45) is 0. The number of nitrogens with zero attached hydrogens (tertiary/aromatic N) is 2. The van der Waals surface area contributed by atoms with Gasteiger partial charge in [0.15, 0.2) is 0 Å². The number of piperazine rings is 1. The standard InChI is InChI=1S/C12H25N3O/c1-5-14(6-2)11(16)12(3,4)15-9-7-13-8-10-15/h13H,5-10H2,1-4H3. The van der Waals surface area contributed by atoms with E-state index in [1.807, 2.05) is 32.6 Å². The second-order valence-electron chi connectivity index (χ2n) is 4.77. The summed E-state index contributed by atoms with van der Waals surface area (Å²) in [6.45, 7) is 13.6. The molecule has 1 heterocycles. The van der Waals surface area contributed by atoms with Crippen LogP contribution in [-0.4, -0.2) is 60.5 Å². The molecule has 4 heteroatoms. The highest BCUT2D eigenvalue weighted by molar-refractivity contribution is 5.85. The number of carbonyl (C=O) groups is 1. The molecular formula is C12H25N3O. The first kappa shape index (κ1) is 13.5. The predicted octanol–water partition coefficient (Wildman–Crippen LogP) is 0.539. The molecule has 1 amide bonds. The Kier molecular flexibility index (Phi) is 4.74. The van der Waals surface area contributed by atoms with E-state index in [2.05, 4.69) is 10.2 Å². The Bertz CT molecular complexity index is 230. The van der Waals surface area contributed by atoms with Gasteiger partial charge in [0.25, 0.3) is 0 Å². The zero-order valence-electron chi connectivity index (χ0n) is 11.0. The fourth-order valence-electron chi connectivity index (χ4n) is 2.26. The fourth-order valence-corrected chi connectivity index (χ4v) is 2.26. The minimum absolute atomic E-state index is 0.249. The van der Waals surface area contributed by atoms with Crippen molar-refractivity contribution >= 4 is 5.91 Å². The average molecular weight is 227 g/mol. The highest BCUT2D eigenvalue weighted by Gasteiger charge is 2.37. The van der Waals surface area contributed by atoms with Crippen molar-refractivity contribution in [1.82, 2.24) is 15.1 Å². The maximum Gasteiger partial charge on any atom is 0.242 e. The van der Waals surface area contributed by atoms with E-state index in [9.17, 15) is 4.79 Å². The quantitative estimate of drug-likeness (QED) is 0.761. The van der Waals surface area contributed by atoms with Gasteiger partial charge in [-0.2, -0.15) is 0 Å². The molecule has 1 saturated heterocycles. The maximum absolute atomic E-state index is 12.4. The van der Waals surface area contributed by atoms with E-state index in [1.165, 1.54) is 0 Å². The maximum atomic E-state index is 12.4. The molecule has 0 unspecified atom stereocenters. The van der Waals surface area contributed by atoms with Gasteiger partial charge in [0.1, 0.15) is 0 Å². The summed E-state index contributed by atoms with van der Waals surface area (Å²) < 4.78 is 0. The van der Waals surface area contributed by atoms with E-state index in [1.54, 1.807) is 0 Å². The Morgan fingerprint density at radius 2 is 1.75 bits per heavy atom. The Morgan fingerprint density at radius 1 is 1.25 bits per heavy atom. The normalized spacial score (nSPS) is 18.5. The second-order valence-corrected chi connectivity index (χ2v) is 4.77. The lowest BCUT2D eigenvalue weighted by atomic mass is 9.99. The molecule has 1 fully saturated rings. The molecule has 1 rings (SSSR count). The molecule has 0 aliphatic carbocycles. The van der Waals surface area contributed by atoms with Gasteiger partial charge in [-0.3, -0.25) is 9.69 Å². The Hall–Kier alpha value is -0.610. The molecule has 0 aromatic rings. The number of nitrogens with one attached hydrogen (secondary N) is 1. The topological polar surface area (TPSA) is 35.6 Å². The summed E-state index contributed by atoms with van der Waals surface area (Å²) in [5, 5.41) is 3.32. The third-order valence-corrected chi connectivity index (χ3v) is 3.48. The van der Waals surface area contributed by atoms with Gasteiger partial charge in [0.05, 0.1) is 5.54 Å². The second kappa shape index (κ2) is 5.64. The number of likely N-dealkylation sites (N-methyl/N-ethyl adjacent to an activating group) is 1. The lowest BCUT2D eigenvalue weighted by Crippen LogP contribution is -2.60. The van der Waals surface area contributed by atoms with Crippen LogP contribution in [0, 0.1) is 0 Å². The number of amides is 1. The number of hydrogen-bond acceptors (Lipinski definition) is 3.